The summed E-state index contributed by atoms with van der Waals surface area (Å²) in [5.74, 6) is 0. The van der Waals surface area contributed by atoms with E-state index in [2.05, 4.69) is 13.8 Å². The minimum absolute atomic E-state index is 0.331. The lowest BCUT2D eigenvalue weighted by Crippen LogP contribution is -2.36. The van der Waals surface area contributed by atoms with Crippen LogP contribution in [0.25, 0.3) is 0 Å². The molecule has 0 amide bonds. The number of hydrogen-bond donors (Lipinski definition) is 0. The molecule has 0 bridgehead atoms. The predicted octanol–water partition coefficient (Wildman–Crippen LogP) is 2.25. The number of nitrogens with zero attached hydrogens (tertiary/aromatic N) is 3. The Bertz CT molecular complexity index is 945. The number of aromatic nitrogens is 3. The summed E-state index contributed by atoms with van der Waals surface area (Å²) < 4.78 is 4.18. The molecule has 126 valence electrons. The third-order valence-corrected chi connectivity index (χ3v) is 4.84. The summed E-state index contributed by atoms with van der Waals surface area (Å²) in [6.07, 6.45) is 0. The molecular formula is C20H19N3O2. The maximum atomic E-state index is 12.8. The molecule has 0 atom stereocenters. The molecule has 1 aliphatic rings. The molecule has 0 unspecified atom stereocenters. The lowest BCUT2D eigenvalue weighted by molar-refractivity contribution is 0.438. The van der Waals surface area contributed by atoms with Gasteiger partial charge in [0.1, 0.15) is 12.1 Å². The summed E-state index contributed by atoms with van der Waals surface area (Å²) in [7, 11) is 1.52. The molecule has 4 rings (SSSR count). The molecule has 2 aromatic carbocycles. The van der Waals surface area contributed by atoms with Crippen molar-refractivity contribution in [3.8, 4) is 0 Å². The summed E-state index contributed by atoms with van der Waals surface area (Å²) in [6.45, 7) is 4.10. The summed E-state index contributed by atoms with van der Waals surface area (Å²) in [6, 6.07) is 21.2. The molecule has 0 spiro atoms. The van der Waals surface area contributed by atoms with Crippen LogP contribution in [0.2, 0.25) is 0 Å². The average molecular weight is 333 g/mol. The first kappa shape index (κ1) is 15.7. The van der Waals surface area contributed by atoms with Gasteiger partial charge in [0.05, 0.1) is 0 Å². The smallest absolute Gasteiger partial charge is 0.246 e. The van der Waals surface area contributed by atoms with Crippen LogP contribution < -0.4 is 11.4 Å². The Morgan fingerprint density at radius 3 is 1.40 bits per heavy atom. The number of fused-ring (bicyclic) bond motifs is 1. The second-order valence-electron chi connectivity index (χ2n) is 6.80. The minimum atomic E-state index is -0.505. The fourth-order valence-corrected chi connectivity index (χ4v) is 3.73. The van der Waals surface area contributed by atoms with Gasteiger partial charge in [-0.15, -0.1) is 0 Å². The van der Waals surface area contributed by atoms with Crippen LogP contribution in [0.3, 0.4) is 0 Å². The highest BCUT2D eigenvalue weighted by atomic mass is 16.2. The van der Waals surface area contributed by atoms with E-state index in [1.165, 1.54) is 16.4 Å². The maximum Gasteiger partial charge on any atom is 0.347 e. The van der Waals surface area contributed by atoms with Crippen LogP contribution in [0.15, 0.2) is 70.3 Å². The van der Waals surface area contributed by atoms with E-state index in [-0.39, 0.29) is 11.4 Å². The standard InChI is InChI=1S/C20H19N3O2/c1-20(2)16(14-10-6-4-7-11-14)22-18(24)21(3)19(25)23(22)17(20)15-12-8-5-9-13-15/h4-13H,1-3H3. The van der Waals surface area contributed by atoms with Gasteiger partial charge in [0.15, 0.2) is 0 Å². The highest BCUT2D eigenvalue weighted by molar-refractivity contribution is 5.47. The summed E-state index contributed by atoms with van der Waals surface area (Å²) >= 11 is 0. The zero-order valence-electron chi connectivity index (χ0n) is 14.4. The van der Waals surface area contributed by atoms with Gasteiger partial charge < -0.3 is 0 Å². The third-order valence-electron chi connectivity index (χ3n) is 4.84. The van der Waals surface area contributed by atoms with E-state index >= 15 is 0 Å². The predicted molar refractivity (Wildman–Crippen MR) is 96.1 cm³/mol. The van der Waals surface area contributed by atoms with Gasteiger partial charge in [0.2, 0.25) is 0 Å². The highest BCUT2D eigenvalue weighted by Gasteiger charge is 2.52. The fourth-order valence-electron chi connectivity index (χ4n) is 3.73. The molecule has 5 heteroatoms. The second-order valence-corrected chi connectivity index (χ2v) is 6.80. The topological polar surface area (TPSA) is 48.9 Å². The van der Waals surface area contributed by atoms with Crippen molar-refractivity contribution in [2.75, 3.05) is 0 Å². The van der Waals surface area contributed by atoms with E-state index in [1.807, 2.05) is 60.7 Å². The average Bonchev–Trinajstić information content (AvgIpc) is 2.99. The fraction of sp³-hybridized carbons (Fsp3) is 0.200. The lowest BCUT2D eigenvalue weighted by atomic mass is 9.73. The molecule has 3 aromatic rings. The minimum Gasteiger partial charge on any atom is -0.246 e. The van der Waals surface area contributed by atoms with Crippen molar-refractivity contribution >= 4 is 0 Å². The molecule has 2 radical (unpaired) electrons. The summed E-state index contributed by atoms with van der Waals surface area (Å²) in [4.78, 5) is 25.6. The first-order valence-corrected chi connectivity index (χ1v) is 8.22. The zero-order chi connectivity index (χ0) is 17.8. The van der Waals surface area contributed by atoms with Crippen LogP contribution in [0, 0.1) is 17.5 Å². The molecule has 0 fully saturated rings. The van der Waals surface area contributed by atoms with E-state index in [0.717, 1.165) is 27.8 Å². The Balaban J connectivity index is 2.06. The molecule has 5 nitrogen and oxygen atoms in total. The number of rotatable bonds is 2. The quantitative estimate of drug-likeness (QED) is 0.722. The van der Waals surface area contributed by atoms with E-state index in [1.54, 1.807) is 0 Å². The van der Waals surface area contributed by atoms with Gasteiger partial charge >= 0.3 is 11.4 Å². The monoisotopic (exact) mass is 333 g/mol. The van der Waals surface area contributed by atoms with Crippen molar-refractivity contribution in [1.82, 2.24) is 13.9 Å². The Morgan fingerprint density at radius 1 is 0.680 bits per heavy atom. The molecule has 25 heavy (non-hydrogen) atoms. The normalized spacial score (nSPS) is 16.9. The zero-order valence-corrected chi connectivity index (χ0v) is 14.4. The van der Waals surface area contributed by atoms with Gasteiger partial charge in [-0.1, -0.05) is 74.5 Å². The summed E-state index contributed by atoms with van der Waals surface area (Å²) in [5.41, 5.74) is 0.695. The van der Waals surface area contributed by atoms with Gasteiger partial charge in [0.25, 0.3) is 0 Å². The van der Waals surface area contributed by atoms with Crippen molar-refractivity contribution in [1.29, 1.82) is 0 Å². The molecule has 1 aliphatic heterocycles. The van der Waals surface area contributed by atoms with Crippen LogP contribution in [0.5, 0.6) is 0 Å². The Kier molecular flexibility index (Phi) is 3.35. The highest BCUT2D eigenvalue weighted by Crippen LogP contribution is 2.50. The van der Waals surface area contributed by atoms with Crippen LogP contribution in [-0.2, 0) is 7.05 Å². The molecule has 0 N–H and O–H groups in total. The van der Waals surface area contributed by atoms with Crippen molar-refractivity contribution in [2.45, 2.75) is 13.8 Å². The molecule has 0 saturated heterocycles. The van der Waals surface area contributed by atoms with Gasteiger partial charge in [-0.2, -0.15) is 0 Å². The molecular weight excluding hydrogens is 314 g/mol. The second kappa shape index (κ2) is 5.34. The third kappa shape index (κ3) is 2.08. The van der Waals surface area contributed by atoms with Crippen LogP contribution in [0.4, 0.5) is 0 Å². The van der Waals surface area contributed by atoms with E-state index < -0.39 is 5.41 Å². The molecule has 0 aliphatic carbocycles. The van der Waals surface area contributed by atoms with Gasteiger partial charge in [-0.25, -0.2) is 23.5 Å². The Hall–Kier alpha value is -2.82. The van der Waals surface area contributed by atoms with Crippen LogP contribution >= 0.6 is 0 Å². The van der Waals surface area contributed by atoms with Gasteiger partial charge in [-0.3, -0.25) is 0 Å². The van der Waals surface area contributed by atoms with Crippen LogP contribution in [-0.4, -0.2) is 13.9 Å². The molecule has 2 heterocycles. The number of benzene rings is 2. The number of hydrogen-bond acceptors (Lipinski definition) is 2. The first-order valence-electron chi connectivity index (χ1n) is 8.22. The van der Waals surface area contributed by atoms with E-state index in [4.69, 9.17) is 0 Å². The molecule has 1 aromatic heterocycles. The Morgan fingerprint density at radius 2 is 1.04 bits per heavy atom. The van der Waals surface area contributed by atoms with Crippen molar-refractivity contribution in [2.24, 2.45) is 12.5 Å². The van der Waals surface area contributed by atoms with Crippen molar-refractivity contribution < 1.29 is 0 Å². The maximum absolute atomic E-state index is 12.8. The SMILES string of the molecule is Cn1c(=O)n2n(c1=O)[C](c1ccccc1)C(C)(C)[C]2c1ccccc1. The van der Waals surface area contributed by atoms with Crippen molar-refractivity contribution in [3.05, 3.63) is 105 Å². The Labute approximate surface area is 145 Å². The first-order chi connectivity index (χ1) is 11.9. The van der Waals surface area contributed by atoms with Crippen molar-refractivity contribution in [3.63, 3.8) is 0 Å². The van der Waals surface area contributed by atoms with E-state index in [9.17, 15) is 9.59 Å². The molecule has 0 saturated carbocycles. The lowest BCUT2D eigenvalue weighted by Gasteiger charge is -2.30. The van der Waals surface area contributed by atoms with E-state index in [0.29, 0.717) is 0 Å². The van der Waals surface area contributed by atoms with Gasteiger partial charge in [0, 0.05) is 12.5 Å². The van der Waals surface area contributed by atoms with Crippen LogP contribution in [0.1, 0.15) is 25.0 Å². The van der Waals surface area contributed by atoms with Gasteiger partial charge in [-0.05, 0) is 11.1 Å². The largest absolute Gasteiger partial charge is 0.347 e. The summed E-state index contributed by atoms with van der Waals surface area (Å²) in [5, 5.41) is 0.